The summed E-state index contributed by atoms with van der Waals surface area (Å²) in [6.07, 6.45) is 0. The van der Waals surface area contributed by atoms with Crippen molar-refractivity contribution in [3.05, 3.63) is 64.7 Å². The molecule has 4 N–H and O–H groups in total. The lowest BCUT2D eigenvalue weighted by Crippen LogP contribution is -1.98. The van der Waals surface area contributed by atoms with Crippen molar-refractivity contribution >= 4 is 50.6 Å². The van der Waals surface area contributed by atoms with E-state index in [-0.39, 0.29) is 10.6 Å². The largest absolute Gasteiger partial charge is 0.399 e. The number of hydrogen-bond donors (Lipinski definition) is 3. The van der Waals surface area contributed by atoms with Gasteiger partial charge in [0.2, 0.25) is 0 Å². The van der Waals surface area contributed by atoms with Gasteiger partial charge in [-0.05, 0) is 92.4 Å². The molecule has 184 valence electrons. The Morgan fingerprint density at radius 2 is 1.26 bits per heavy atom. The average molecular weight is 518 g/mol. The zero-order chi connectivity index (χ0) is 25.8. The Balaban J connectivity index is 1.91. The van der Waals surface area contributed by atoms with E-state index in [9.17, 15) is 13.0 Å². The van der Waals surface area contributed by atoms with Gasteiger partial charge in [0.1, 0.15) is 10.6 Å². The highest BCUT2D eigenvalue weighted by molar-refractivity contribution is 7.94. The molecule has 13 heteroatoms. The fourth-order valence-electron chi connectivity index (χ4n) is 3.04. The van der Waals surface area contributed by atoms with Crippen LogP contribution in [0.3, 0.4) is 0 Å². The predicted octanol–water partition coefficient (Wildman–Crippen LogP) is 7.01. The van der Waals surface area contributed by atoms with Gasteiger partial charge in [0.25, 0.3) is 10.1 Å². The monoisotopic (exact) mass is 517 g/mol. The minimum atomic E-state index is -4.61. The lowest BCUT2D eigenvalue weighted by molar-refractivity contribution is -0.432. The molecule has 0 unspecified atom stereocenters. The van der Waals surface area contributed by atoms with Gasteiger partial charge in [0, 0.05) is 10.6 Å². The van der Waals surface area contributed by atoms with Crippen LogP contribution in [-0.4, -0.2) is 18.2 Å². The second-order valence-corrected chi connectivity index (χ2v) is 9.82. The molecule has 0 radical (unpaired) electrons. The van der Waals surface area contributed by atoms with Crippen molar-refractivity contribution in [2.24, 2.45) is 20.5 Å². The average Bonchev–Trinajstić information content (AvgIpc) is 2.79. The van der Waals surface area contributed by atoms with Crippen LogP contribution in [0, 0.1) is 27.7 Å². The lowest BCUT2D eigenvalue weighted by atomic mass is 10.1. The van der Waals surface area contributed by atoms with Crippen LogP contribution in [0.5, 0.6) is 0 Å². The highest BCUT2D eigenvalue weighted by Gasteiger charge is 2.17. The molecule has 0 atom stereocenters. The topological polar surface area (TPSA) is 169 Å². The maximum absolute atomic E-state index is 11.8. The van der Waals surface area contributed by atoms with Gasteiger partial charge >= 0.3 is 0 Å². The van der Waals surface area contributed by atoms with E-state index >= 15 is 0 Å². The summed E-state index contributed by atoms with van der Waals surface area (Å²) in [6.45, 7) is 7.46. The molecular formula is C22H23N5O6S2. The molecule has 11 nitrogen and oxygen atoms in total. The number of benzene rings is 3. The zero-order valence-corrected chi connectivity index (χ0v) is 20.9. The summed E-state index contributed by atoms with van der Waals surface area (Å²) in [6, 6.07) is 11.2. The van der Waals surface area contributed by atoms with E-state index in [1.54, 1.807) is 19.1 Å². The van der Waals surface area contributed by atoms with Crippen molar-refractivity contribution in [3.8, 4) is 0 Å². The number of nitrogens with zero attached hydrogens (tertiary/aromatic N) is 4. The third-order valence-corrected chi connectivity index (χ3v) is 6.46. The normalized spacial score (nSPS) is 12.2. The lowest BCUT2D eigenvalue weighted by Gasteiger charge is -2.07. The van der Waals surface area contributed by atoms with Gasteiger partial charge in [0.05, 0.1) is 29.1 Å². The zero-order valence-electron chi connectivity index (χ0n) is 19.3. The molecule has 0 saturated carbocycles. The van der Waals surface area contributed by atoms with E-state index in [1.165, 1.54) is 12.1 Å². The van der Waals surface area contributed by atoms with E-state index in [4.69, 9.17) is 11.0 Å². The number of azo groups is 2. The Kier molecular flexibility index (Phi) is 8.32. The van der Waals surface area contributed by atoms with E-state index in [0.29, 0.717) is 34.8 Å². The van der Waals surface area contributed by atoms with Crippen LogP contribution in [0.4, 0.5) is 28.4 Å². The van der Waals surface area contributed by atoms with Crippen molar-refractivity contribution in [1.29, 1.82) is 0 Å². The number of hydrogen-bond acceptors (Lipinski definition) is 11. The number of anilines is 1. The highest BCUT2D eigenvalue weighted by atomic mass is 32.2. The van der Waals surface area contributed by atoms with Gasteiger partial charge in [-0.25, -0.2) is 5.26 Å². The maximum Gasteiger partial charge on any atom is 0.296 e. The molecule has 35 heavy (non-hydrogen) atoms. The van der Waals surface area contributed by atoms with Crippen molar-refractivity contribution in [3.63, 3.8) is 0 Å². The van der Waals surface area contributed by atoms with E-state index in [0.717, 1.165) is 28.3 Å². The van der Waals surface area contributed by atoms with Crippen LogP contribution in [0.2, 0.25) is 0 Å². The molecule has 0 saturated heterocycles. The number of nitrogen functional groups attached to an aromatic ring is 1. The first-order chi connectivity index (χ1) is 16.5. The first-order valence-corrected chi connectivity index (χ1v) is 12.3. The van der Waals surface area contributed by atoms with Crippen molar-refractivity contribution in [2.75, 3.05) is 5.73 Å². The Morgan fingerprint density at radius 3 is 1.77 bits per heavy atom. The minimum absolute atomic E-state index is 0.0863. The molecular weight excluding hydrogens is 494 g/mol. The molecule has 0 heterocycles. The van der Waals surface area contributed by atoms with Gasteiger partial charge in [-0.2, -0.15) is 23.8 Å². The van der Waals surface area contributed by atoms with E-state index < -0.39 is 15.0 Å². The maximum atomic E-state index is 11.8. The third kappa shape index (κ3) is 6.69. The standard InChI is InChI=1S/C22H23N5O6S2/c1-12-8-19(13(2)7-17(12)23)26-27-21-10-14(3)20(9-15(21)4)25-24-18-6-5-16(34-33-32-28)11-22(18)35(29,30)31/h5-11,28H,23H2,1-4H3,(H,29,30,31). The Morgan fingerprint density at radius 1 is 0.771 bits per heavy atom. The fourth-order valence-corrected chi connectivity index (χ4v) is 4.16. The number of rotatable bonds is 8. The first kappa shape index (κ1) is 26.4. The molecule has 3 rings (SSSR count). The second-order valence-electron chi connectivity index (χ2n) is 7.65. The highest BCUT2D eigenvalue weighted by Crippen LogP contribution is 2.34. The van der Waals surface area contributed by atoms with Gasteiger partial charge in [0.15, 0.2) is 0 Å². The number of nitrogens with two attached hydrogens (primary N) is 1. The molecule has 0 aliphatic heterocycles. The van der Waals surface area contributed by atoms with Crippen LogP contribution in [-0.2, 0) is 19.5 Å². The summed E-state index contributed by atoms with van der Waals surface area (Å²) in [5, 5.41) is 28.6. The predicted molar refractivity (Wildman–Crippen MR) is 132 cm³/mol. The summed E-state index contributed by atoms with van der Waals surface area (Å²) in [4.78, 5) is -0.249. The smallest absolute Gasteiger partial charge is 0.296 e. The summed E-state index contributed by atoms with van der Waals surface area (Å²) in [5.74, 6) is 0. The van der Waals surface area contributed by atoms with Crippen molar-refractivity contribution in [1.82, 2.24) is 0 Å². The Hall–Kier alpha value is -3.20. The van der Waals surface area contributed by atoms with Crippen molar-refractivity contribution in [2.45, 2.75) is 37.5 Å². The SMILES string of the molecule is Cc1cc(N=Nc2cc(C)c(N=Nc3ccc(SOOO)cc3S(=O)(=O)O)cc2C)c(C)cc1N. The molecule has 0 bridgehead atoms. The van der Waals surface area contributed by atoms with Crippen molar-refractivity contribution < 1.29 is 27.6 Å². The summed E-state index contributed by atoms with van der Waals surface area (Å²) >= 11 is 0.539. The number of aryl methyl sites for hydroxylation is 4. The molecule has 0 fully saturated rings. The quantitative estimate of drug-likeness (QED) is 0.0715. The van der Waals surface area contributed by atoms with E-state index in [1.807, 2.05) is 32.9 Å². The van der Waals surface area contributed by atoms with Crippen LogP contribution < -0.4 is 5.73 Å². The third-order valence-electron chi connectivity index (χ3n) is 5.00. The first-order valence-electron chi connectivity index (χ1n) is 10.1. The summed E-state index contributed by atoms with van der Waals surface area (Å²) < 4.78 is 37.5. The molecule has 0 amide bonds. The van der Waals surface area contributed by atoms with Gasteiger partial charge in [-0.3, -0.25) is 4.55 Å². The molecule has 3 aromatic carbocycles. The van der Waals surface area contributed by atoms with Crippen LogP contribution in [0.25, 0.3) is 0 Å². The van der Waals surface area contributed by atoms with Gasteiger partial charge in [-0.15, -0.1) is 9.45 Å². The second kappa shape index (κ2) is 11.0. The molecule has 0 spiro atoms. The van der Waals surface area contributed by atoms with Crippen LogP contribution in [0.15, 0.2) is 72.7 Å². The molecule has 0 aliphatic rings. The van der Waals surface area contributed by atoms with Gasteiger partial charge in [-0.1, -0.05) is 5.04 Å². The Bertz CT molecular complexity index is 1420. The fraction of sp³-hybridized carbons (Fsp3) is 0.182. The Labute approximate surface area is 206 Å². The van der Waals surface area contributed by atoms with Crippen LogP contribution >= 0.6 is 12.0 Å². The summed E-state index contributed by atoms with van der Waals surface area (Å²) in [7, 11) is -4.61. The molecule has 0 aromatic heterocycles. The summed E-state index contributed by atoms with van der Waals surface area (Å²) in [5.41, 5.74) is 11.7. The molecule has 3 aromatic rings. The minimum Gasteiger partial charge on any atom is -0.399 e. The van der Waals surface area contributed by atoms with Gasteiger partial charge < -0.3 is 5.73 Å². The van der Waals surface area contributed by atoms with Crippen LogP contribution in [0.1, 0.15) is 22.3 Å². The molecule has 0 aliphatic carbocycles. The van der Waals surface area contributed by atoms with E-state index in [2.05, 4.69) is 29.8 Å².